The van der Waals surface area contributed by atoms with Crippen LogP contribution in [0.25, 0.3) is 94.3 Å². The first-order valence-electron chi connectivity index (χ1n) is 21.5. The molecule has 0 saturated carbocycles. The van der Waals surface area contributed by atoms with Gasteiger partial charge in [-0.2, -0.15) is 0 Å². The van der Waals surface area contributed by atoms with Crippen molar-refractivity contribution in [3.63, 3.8) is 0 Å². The zero-order chi connectivity index (χ0) is 42.8. The summed E-state index contributed by atoms with van der Waals surface area (Å²) in [4.78, 5) is 10.7. The molecule has 10 aromatic rings. The van der Waals surface area contributed by atoms with E-state index in [9.17, 15) is 5.11 Å². The molecule has 0 atom stereocenters. The van der Waals surface area contributed by atoms with Crippen LogP contribution < -0.4 is 0 Å². The summed E-state index contributed by atoms with van der Waals surface area (Å²) >= 11 is 0. The van der Waals surface area contributed by atoms with Gasteiger partial charge in [0.05, 0.1) is 28.0 Å². The Balaban J connectivity index is 1.31. The van der Waals surface area contributed by atoms with E-state index in [1.165, 1.54) is 0 Å². The second kappa shape index (κ2) is 15.0. The highest BCUT2D eigenvalue weighted by Crippen LogP contribution is 2.47. The summed E-state index contributed by atoms with van der Waals surface area (Å²) in [6, 6.07) is 62.3. The summed E-state index contributed by atoms with van der Waals surface area (Å²) in [7, 11) is 0. The van der Waals surface area contributed by atoms with Crippen LogP contribution in [0, 0.1) is 0 Å². The van der Waals surface area contributed by atoms with Crippen molar-refractivity contribution < 1.29 is 5.11 Å². The highest BCUT2D eigenvalue weighted by Gasteiger charge is 2.30. The topological polar surface area (TPSA) is 50.9 Å². The number of benzene rings is 8. The second-order valence-electron chi connectivity index (χ2n) is 18.5. The number of phenols is 1. The number of hydrogen-bond donors (Lipinski definition) is 1. The average molecular weight is 804 g/mol. The minimum Gasteiger partial charge on any atom is -0.507 e. The molecule has 0 radical (unpaired) electrons. The summed E-state index contributed by atoms with van der Waals surface area (Å²) in [6.07, 6.45) is 1.91. The maximum absolute atomic E-state index is 12.6. The predicted molar refractivity (Wildman–Crippen MR) is 260 cm³/mol. The van der Waals surface area contributed by atoms with Gasteiger partial charge >= 0.3 is 0 Å². The number of pyridine rings is 1. The monoisotopic (exact) mass is 803 g/mol. The first kappa shape index (κ1) is 38.9. The Morgan fingerprint density at radius 2 is 1.15 bits per heavy atom. The van der Waals surface area contributed by atoms with Crippen LogP contribution in [-0.4, -0.2) is 19.6 Å². The molecule has 0 spiro atoms. The van der Waals surface area contributed by atoms with E-state index in [1.807, 2.05) is 12.3 Å². The lowest BCUT2D eigenvalue weighted by Gasteiger charge is -2.28. The number of fused-ring (bicyclic) bond motifs is 3. The first-order valence-corrected chi connectivity index (χ1v) is 21.5. The van der Waals surface area contributed by atoms with Crippen molar-refractivity contribution >= 4 is 32.6 Å². The number of phenolic OH excluding ortho intramolecular Hbond substituents is 1. The number of nitrogens with zero attached hydrogens (tertiary/aromatic N) is 3. The molecule has 1 N–H and O–H groups in total. The number of aromatic nitrogens is 3. The molecule has 0 bridgehead atoms. The van der Waals surface area contributed by atoms with Crippen LogP contribution in [-0.2, 0) is 10.8 Å². The van der Waals surface area contributed by atoms with Gasteiger partial charge < -0.3 is 5.11 Å². The Labute approximate surface area is 363 Å². The molecule has 2 heterocycles. The van der Waals surface area contributed by atoms with E-state index in [0.29, 0.717) is 11.4 Å². The lowest BCUT2D eigenvalue weighted by molar-refractivity contribution is 0.446. The van der Waals surface area contributed by atoms with Gasteiger partial charge in [0.2, 0.25) is 0 Å². The highest BCUT2D eigenvalue weighted by atomic mass is 16.3. The Morgan fingerprint density at radius 3 is 1.87 bits per heavy atom. The van der Waals surface area contributed by atoms with Crippen molar-refractivity contribution in [1.82, 2.24) is 14.5 Å². The summed E-state index contributed by atoms with van der Waals surface area (Å²) in [5.74, 6) is 0.941. The molecule has 4 heteroatoms. The van der Waals surface area contributed by atoms with Crippen molar-refractivity contribution in [2.75, 3.05) is 0 Å². The van der Waals surface area contributed by atoms with Gasteiger partial charge in [-0.1, -0.05) is 181 Å². The second-order valence-corrected chi connectivity index (χ2v) is 18.5. The fourth-order valence-electron chi connectivity index (χ4n) is 8.96. The summed E-state index contributed by atoms with van der Waals surface area (Å²) in [5, 5.41) is 17.0. The van der Waals surface area contributed by atoms with Gasteiger partial charge in [0.15, 0.2) is 0 Å². The minimum atomic E-state index is -0.329. The molecule has 0 amide bonds. The predicted octanol–water partition coefficient (Wildman–Crippen LogP) is 15.4. The van der Waals surface area contributed by atoms with E-state index >= 15 is 0 Å². The molecule has 0 aliphatic rings. The van der Waals surface area contributed by atoms with E-state index in [4.69, 9.17) is 9.97 Å². The van der Waals surface area contributed by atoms with Gasteiger partial charge in [0.1, 0.15) is 11.6 Å². The lowest BCUT2D eigenvalue weighted by Crippen LogP contribution is -2.17. The van der Waals surface area contributed by atoms with E-state index in [1.54, 1.807) is 0 Å². The third-order valence-corrected chi connectivity index (χ3v) is 12.2. The number of para-hydroxylation sites is 1. The van der Waals surface area contributed by atoms with Crippen molar-refractivity contribution in [3.05, 3.63) is 193 Å². The van der Waals surface area contributed by atoms with Crippen molar-refractivity contribution in [2.24, 2.45) is 0 Å². The fraction of sp³-hybridized carbons (Fsp3) is 0.138. The molecule has 302 valence electrons. The fourth-order valence-corrected chi connectivity index (χ4v) is 8.96. The smallest absolute Gasteiger partial charge is 0.149 e. The lowest BCUT2D eigenvalue weighted by atomic mass is 9.79. The molecule has 4 nitrogen and oxygen atoms in total. The van der Waals surface area contributed by atoms with Crippen molar-refractivity contribution in [2.45, 2.75) is 52.4 Å². The van der Waals surface area contributed by atoms with Crippen LogP contribution in [0.4, 0.5) is 0 Å². The van der Waals surface area contributed by atoms with Gasteiger partial charge in [0.25, 0.3) is 0 Å². The highest BCUT2D eigenvalue weighted by molar-refractivity contribution is 6.06. The number of rotatable bonds is 6. The quantitative estimate of drug-likeness (QED) is 0.182. The molecule has 10 rings (SSSR count). The molecule has 0 fully saturated rings. The molecule has 62 heavy (non-hydrogen) atoms. The minimum absolute atomic E-state index is 0.188. The largest absolute Gasteiger partial charge is 0.507 e. The molecule has 0 unspecified atom stereocenters. The Hall–Kier alpha value is -7.30. The first-order chi connectivity index (χ1) is 29.9. The molecule has 2 aromatic heterocycles. The van der Waals surface area contributed by atoms with Crippen LogP contribution in [0.3, 0.4) is 0 Å². The third-order valence-electron chi connectivity index (χ3n) is 12.2. The summed E-state index contributed by atoms with van der Waals surface area (Å²) in [6.45, 7) is 13.2. The zero-order valence-electron chi connectivity index (χ0n) is 36.1. The third kappa shape index (κ3) is 6.82. The normalized spacial score (nSPS) is 12.1. The molecule has 8 aromatic carbocycles. The van der Waals surface area contributed by atoms with Gasteiger partial charge in [0, 0.05) is 33.8 Å². The van der Waals surface area contributed by atoms with Crippen molar-refractivity contribution in [1.29, 1.82) is 0 Å². The molecule has 0 saturated heterocycles. The Kier molecular flexibility index (Phi) is 9.41. The van der Waals surface area contributed by atoms with Crippen molar-refractivity contribution in [3.8, 4) is 67.5 Å². The number of aromatic hydroxyl groups is 1. The van der Waals surface area contributed by atoms with Crippen LogP contribution >= 0.6 is 0 Å². The number of hydrogen-bond acceptors (Lipinski definition) is 3. The standard InChI is InChI=1S/C58H49N3O/c1-57(2,3)43-35-49(55(62)50(36-43)58(4,5)6)56-60-53-45(26-17-27-52(53)61(56)54-46-25-16-13-22-39(46)28-29-47(54)38-20-11-8-12-21-38)42-32-41-23-14-15-24-44(41)48(33-42)51-34-40(30-31-59-51)37-18-9-7-10-19-37/h7-36,62H,1-6H3. The van der Waals surface area contributed by atoms with Gasteiger partial charge in [-0.05, 0) is 91.2 Å². The van der Waals surface area contributed by atoms with E-state index in [-0.39, 0.29) is 16.6 Å². The van der Waals surface area contributed by atoms with Gasteiger partial charge in [-0.3, -0.25) is 9.55 Å². The molecular weight excluding hydrogens is 755 g/mol. The SMILES string of the molecule is CC(C)(C)c1cc(-c2nc3c(-c4cc(-c5cc(-c6ccccc6)ccn5)c5ccccc5c4)cccc3n2-c2c(-c3ccccc3)ccc3ccccc23)c(O)c(C(C)(C)C)c1. The summed E-state index contributed by atoms with van der Waals surface area (Å²) in [5.41, 5.74) is 13.5. The summed E-state index contributed by atoms with van der Waals surface area (Å²) < 4.78 is 2.31. The zero-order valence-corrected chi connectivity index (χ0v) is 36.1. The van der Waals surface area contributed by atoms with Crippen LogP contribution in [0.2, 0.25) is 0 Å². The molecular formula is C58H49N3O. The van der Waals surface area contributed by atoms with Gasteiger partial charge in [-0.25, -0.2) is 4.98 Å². The Bertz CT molecular complexity index is 3310. The Morgan fingerprint density at radius 1 is 0.468 bits per heavy atom. The maximum atomic E-state index is 12.6. The van der Waals surface area contributed by atoms with Gasteiger partial charge in [-0.15, -0.1) is 0 Å². The van der Waals surface area contributed by atoms with E-state index in [0.717, 1.165) is 94.0 Å². The molecule has 0 aliphatic heterocycles. The average Bonchev–Trinajstić information content (AvgIpc) is 3.67. The van der Waals surface area contributed by atoms with Crippen LogP contribution in [0.1, 0.15) is 52.7 Å². The van der Waals surface area contributed by atoms with Crippen LogP contribution in [0.15, 0.2) is 182 Å². The molecule has 0 aliphatic carbocycles. The maximum Gasteiger partial charge on any atom is 0.149 e. The number of imidazole rings is 1. The van der Waals surface area contributed by atoms with E-state index < -0.39 is 0 Å². The van der Waals surface area contributed by atoms with E-state index in [2.05, 4.69) is 216 Å². The van der Waals surface area contributed by atoms with Crippen LogP contribution in [0.5, 0.6) is 5.75 Å².